The van der Waals surface area contributed by atoms with Gasteiger partial charge in [-0.05, 0) is 36.6 Å². The number of nitrogens with one attached hydrogen (secondary N) is 1. The van der Waals surface area contributed by atoms with Crippen LogP contribution in [0.5, 0.6) is 0 Å². The third kappa shape index (κ3) is 2.96. The predicted octanol–water partition coefficient (Wildman–Crippen LogP) is 2.27. The van der Waals surface area contributed by atoms with E-state index < -0.39 is 0 Å². The van der Waals surface area contributed by atoms with Gasteiger partial charge in [-0.1, -0.05) is 13.8 Å². The molecule has 2 aromatic rings. The maximum absolute atomic E-state index is 5.77. The van der Waals surface area contributed by atoms with Crippen molar-refractivity contribution in [3.63, 3.8) is 0 Å². The van der Waals surface area contributed by atoms with Crippen molar-refractivity contribution < 1.29 is 0 Å². The highest BCUT2D eigenvalue weighted by molar-refractivity contribution is 5.78. The summed E-state index contributed by atoms with van der Waals surface area (Å²) in [6.07, 6.45) is 3.42. The quantitative estimate of drug-likeness (QED) is 0.847. The zero-order chi connectivity index (χ0) is 13.0. The Bertz CT molecular complexity index is 510. The summed E-state index contributed by atoms with van der Waals surface area (Å²) in [5.74, 6) is 1.07. The van der Waals surface area contributed by atoms with Crippen molar-refractivity contribution in [3.05, 3.63) is 30.6 Å². The number of hydrogen-bond acceptors (Lipinski definition) is 4. The number of hydrogen-bond donors (Lipinski definition) is 2. The molecular formula is C14H20N4. The van der Waals surface area contributed by atoms with Crippen molar-refractivity contribution in [1.82, 2.24) is 9.97 Å². The summed E-state index contributed by atoms with van der Waals surface area (Å²) < 4.78 is 0. The Labute approximate surface area is 108 Å². The number of aromatic nitrogens is 2. The lowest BCUT2D eigenvalue weighted by Crippen LogP contribution is -2.27. The van der Waals surface area contributed by atoms with Crippen molar-refractivity contribution >= 4 is 16.7 Å². The molecule has 0 fully saturated rings. The summed E-state index contributed by atoms with van der Waals surface area (Å²) >= 11 is 0. The van der Waals surface area contributed by atoms with Crippen LogP contribution in [0.4, 0.5) is 5.69 Å². The van der Waals surface area contributed by atoms with E-state index in [4.69, 9.17) is 5.73 Å². The monoisotopic (exact) mass is 244 g/mol. The van der Waals surface area contributed by atoms with Crippen molar-refractivity contribution in [2.75, 3.05) is 18.4 Å². The van der Waals surface area contributed by atoms with Crippen LogP contribution < -0.4 is 11.1 Å². The van der Waals surface area contributed by atoms with Crippen molar-refractivity contribution in [2.24, 2.45) is 17.6 Å². The molecule has 0 saturated heterocycles. The molecule has 0 aliphatic rings. The Morgan fingerprint density at radius 3 is 2.56 bits per heavy atom. The fourth-order valence-electron chi connectivity index (χ4n) is 1.91. The lowest BCUT2D eigenvalue weighted by atomic mass is 9.96. The number of benzene rings is 1. The summed E-state index contributed by atoms with van der Waals surface area (Å²) in [7, 11) is 0. The van der Waals surface area contributed by atoms with Gasteiger partial charge in [0.25, 0.3) is 0 Å². The molecule has 0 amide bonds. The molecule has 3 N–H and O–H groups in total. The van der Waals surface area contributed by atoms with Crippen LogP contribution in [0.3, 0.4) is 0 Å². The second-order valence-corrected chi connectivity index (χ2v) is 4.88. The van der Waals surface area contributed by atoms with E-state index >= 15 is 0 Å². The van der Waals surface area contributed by atoms with Gasteiger partial charge in [0.1, 0.15) is 0 Å². The van der Waals surface area contributed by atoms with Gasteiger partial charge in [-0.3, -0.25) is 9.97 Å². The largest absolute Gasteiger partial charge is 0.385 e. The van der Waals surface area contributed by atoms with Gasteiger partial charge in [-0.25, -0.2) is 0 Å². The topological polar surface area (TPSA) is 63.8 Å². The molecule has 0 saturated carbocycles. The second-order valence-electron chi connectivity index (χ2n) is 4.88. The van der Waals surface area contributed by atoms with Crippen LogP contribution in [0.15, 0.2) is 30.6 Å². The molecule has 1 unspecified atom stereocenters. The van der Waals surface area contributed by atoms with Crippen LogP contribution in [0.25, 0.3) is 11.0 Å². The van der Waals surface area contributed by atoms with Crippen molar-refractivity contribution in [1.29, 1.82) is 0 Å². The van der Waals surface area contributed by atoms with E-state index in [-0.39, 0.29) is 0 Å². The lowest BCUT2D eigenvalue weighted by molar-refractivity contribution is 0.413. The Morgan fingerprint density at radius 1 is 1.17 bits per heavy atom. The van der Waals surface area contributed by atoms with E-state index in [0.717, 1.165) is 23.3 Å². The van der Waals surface area contributed by atoms with E-state index in [2.05, 4.69) is 29.1 Å². The Hall–Kier alpha value is -1.68. The standard InChI is InChI=1S/C14H20N4/c1-10(2)11(8-15)9-18-12-3-4-13-14(7-12)17-6-5-16-13/h3-7,10-11,18H,8-9,15H2,1-2H3. The van der Waals surface area contributed by atoms with Gasteiger partial charge in [0.15, 0.2) is 0 Å². The first-order valence-electron chi connectivity index (χ1n) is 6.35. The molecule has 18 heavy (non-hydrogen) atoms. The highest BCUT2D eigenvalue weighted by Gasteiger charge is 2.10. The highest BCUT2D eigenvalue weighted by Crippen LogP contribution is 2.16. The summed E-state index contributed by atoms with van der Waals surface area (Å²) in [4.78, 5) is 8.55. The van der Waals surface area contributed by atoms with Gasteiger partial charge < -0.3 is 11.1 Å². The van der Waals surface area contributed by atoms with Crippen molar-refractivity contribution in [3.8, 4) is 0 Å². The summed E-state index contributed by atoms with van der Waals surface area (Å²) in [5.41, 5.74) is 8.67. The fourth-order valence-corrected chi connectivity index (χ4v) is 1.91. The number of rotatable bonds is 5. The lowest BCUT2D eigenvalue weighted by Gasteiger charge is -2.19. The van der Waals surface area contributed by atoms with Crippen LogP contribution >= 0.6 is 0 Å². The Kier molecular flexibility index (Phi) is 4.10. The van der Waals surface area contributed by atoms with Crippen LogP contribution in [0.2, 0.25) is 0 Å². The van der Waals surface area contributed by atoms with Crippen LogP contribution in [-0.4, -0.2) is 23.1 Å². The van der Waals surface area contributed by atoms with Crippen molar-refractivity contribution in [2.45, 2.75) is 13.8 Å². The molecule has 1 aromatic heterocycles. The maximum atomic E-state index is 5.77. The van der Waals surface area contributed by atoms with E-state index in [1.54, 1.807) is 12.4 Å². The number of nitrogens with two attached hydrogens (primary N) is 1. The zero-order valence-corrected chi connectivity index (χ0v) is 10.9. The minimum Gasteiger partial charge on any atom is -0.385 e. The SMILES string of the molecule is CC(C)C(CN)CNc1ccc2nccnc2c1. The molecule has 4 nitrogen and oxygen atoms in total. The number of nitrogens with zero attached hydrogens (tertiary/aromatic N) is 2. The minimum atomic E-state index is 0.488. The highest BCUT2D eigenvalue weighted by atomic mass is 14.9. The first-order valence-corrected chi connectivity index (χ1v) is 6.35. The third-order valence-corrected chi connectivity index (χ3v) is 3.28. The maximum Gasteiger partial charge on any atom is 0.0907 e. The first-order chi connectivity index (χ1) is 8.70. The molecule has 0 bridgehead atoms. The van der Waals surface area contributed by atoms with Crippen LogP contribution in [0, 0.1) is 11.8 Å². The van der Waals surface area contributed by atoms with E-state index in [0.29, 0.717) is 18.4 Å². The van der Waals surface area contributed by atoms with Gasteiger partial charge >= 0.3 is 0 Å². The predicted molar refractivity (Wildman–Crippen MR) is 75.4 cm³/mol. The average molecular weight is 244 g/mol. The molecule has 1 atom stereocenters. The smallest absolute Gasteiger partial charge is 0.0907 e. The molecule has 0 aliphatic carbocycles. The minimum absolute atomic E-state index is 0.488. The zero-order valence-electron chi connectivity index (χ0n) is 10.9. The van der Waals surface area contributed by atoms with Gasteiger partial charge in [-0.2, -0.15) is 0 Å². The van der Waals surface area contributed by atoms with Crippen LogP contribution in [-0.2, 0) is 0 Å². The van der Waals surface area contributed by atoms with E-state index in [1.165, 1.54) is 0 Å². The molecule has 1 aromatic carbocycles. The second kappa shape index (κ2) is 5.78. The third-order valence-electron chi connectivity index (χ3n) is 3.28. The summed E-state index contributed by atoms with van der Waals surface area (Å²) in [6, 6.07) is 6.04. The van der Waals surface area contributed by atoms with E-state index in [9.17, 15) is 0 Å². The van der Waals surface area contributed by atoms with Gasteiger partial charge in [0, 0.05) is 24.6 Å². The molecular weight excluding hydrogens is 224 g/mol. The molecule has 1 heterocycles. The van der Waals surface area contributed by atoms with Gasteiger partial charge in [-0.15, -0.1) is 0 Å². The van der Waals surface area contributed by atoms with Crippen LogP contribution in [0.1, 0.15) is 13.8 Å². The number of fused-ring (bicyclic) bond motifs is 1. The summed E-state index contributed by atoms with van der Waals surface area (Å²) in [6.45, 7) is 5.99. The normalized spacial score (nSPS) is 12.9. The molecule has 0 spiro atoms. The summed E-state index contributed by atoms with van der Waals surface area (Å²) in [5, 5.41) is 3.42. The van der Waals surface area contributed by atoms with E-state index in [1.807, 2.05) is 18.2 Å². The molecule has 4 heteroatoms. The molecule has 2 rings (SSSR count). The fraction of sp³-hybridized carbons (Fsp3) is 0.429. The molecule has 0 radical (unpaired) electrons. The first kappa shape index (κ1) is 12.8. The Balaban J connectivity index is 2.07. The van der Waals surface area contributed by atoms with Gasteiger partial charge in [0.05, 0.1) is 11.0 Å². The molecule has 96 valence electrons. The molecule has 0 aliphatic heterocycles. The Morgan fingerprint density at radius 2 is 1.89 bits per heavy atom. The van der Waals surface area contributed by atoms with Gasteiger partial charge in [0.2, 0.25) is 0 Å². The number of anilines is 1. The average Bonchev–Trinajstić information content (AvgIpc) is 2.39.